The first-order valence-electron chi connectivity index (χ1n) is 5.19. The van der Waals surface area contributed by atoms with Gasteiger partial charge < -0.3 is 5.32 Å². The molecule has 1 aromatic rings. The second kappa shape index (κ2) is 3.93. The largest absolute Gasteiger partial charge is 0.381 e. The van der Waals surface area contributed by atoms with E-state index in [4.69, 9.17) is 0 Å². The molecule has 0 aromatic heterocycles. The van der Waals surface area contributed by atoms with Crippen LogP contribution < -0.4 is 5.32 Å². The summed E-state index contributed by atoms with van der Waals surface area (Å²) in [6.45, 7) is 4.39. The van der Waals surface area contributed by atoms with E-state index in [1.807, 2.05) is 0 Å². The lowest BCUT2D eigenvalue weighted by Gasteiger charge is -2.16. The van der Waals surface area contributed by atoms with Gasteiger partial charge in [-0.2, -0.15) is 0 Å². The lowest BCUT2D eigenvalue weighted by atomic mass is 10.1. The highest BCUT2D eigenvalue weighted by Gasteiger charge is 2.27. The Morgan fingerprint density at radius 3 is 2.79 bits per heavy atom. The third-order valence-corrected chi connectivity index (χ3v) is 3.53. The van der Waals surface area contributed by atoms with Gasteiger partial charge in [0.1, 0.15) is 0 Å². The summed E-state index contributed by atoms with van der Waals surface area (Å²) in [5.74, 6) is 0.891. The molecule has 1 atom stereocenters. The highest BCUT2D eigenvalue weighted by atomic mass is 79.9. The van der Waals surface area contributed by atoms with Crippen molar-refractivity contribution in [3.63, 3.8) is 0 Å². The summed E-state index contributed by atoms with van der Waals surface area (Å²) < 4.78 is 1.16. The van der Waals surface area contributed by atoms with Crippen molar-refractivity contribution in [2.75, 3.05) is 5.32 Å². The Hall–Kier alpha value is -0.500. The van der Waals surface area contributed by atoms with Crippen LogP contribution in [-0.2, 0) is 0 Å². The molecule has 1 unspecified atom stereocenters. The van der Waals surface area contributed by atoms with Crippen LogP contribution in [0.2, 0.25) is 0 Å². The van der Waals surface area contributed by atoms with Gasteiger partial charge in [-0.1, -0.05) is 6.07 Å². The van der Waals surface area contributed by atoms with Gasteiger partial charge in [0.05, 0.1) is 0 Å². The zero-order chi connectivity index (χ0) is 10.1. The van der Waals surface area contributed by atoms with Gasteiger partial charge in [-0.25, -0.2) is 0 Å². The molecule has 14 heavy (non-hydrogen) atoms. The van der Waals surface area contributed by atoms with Crippen LogP contribution in [0.5, 0.6) is 0 Å². The zero-order valence-electron chi connectivity index (χ0n) is 8.68. The molecule has 2 heteroatoms. The Bertz CT molecular complexity index is 331. The minimum Gasteiger partial charge on any atom is -0.381 e. The third-order valence-electron chi connectivity index (χ3n) is 2.83. The quantitative estimate of drug-likeness (QED) is 0.860. The molecule has 0 amide bonds. The SMILES string of the molecule is Cc1ccc(Br)c(NC(C)C2CC2)c1. The molecule has 1 aromatic carbocycles. The first-order valence-corrected chi connectivity index (χ1v) is 5.99. The van der Waals surface area contributed by atoms with E-state index < -0.39 is 0 Å². The number of hydrogen-bond donors (Lipinski definition) is 1. The average Bonchev–Trinajstić information content (AvgIpc) is 2.94. The standard InChI is InChI=1S/C12H16BrN/c1-8-3-6-11(13)12(7-8)14-9(2)10-4-5-10/h3,6-7,9-10,14H,4-5H2,1-2H3. The molecular formula is C12H16BrN. The highest BCUT2D eigenvalue weighted by molar-refractivity contribution is 9.10. The van der Waals surface area contributed by atoms with E-state index in [1.54, 1.807) is 0 Å². The monoisotopic (exact) mass is 253 g/mol. The minimum atomic E-state index is 0.605. The summed E-state index contributed by atoms with van der Waals surface area (Å²) in [4.78, 5) is 0. The molecule has 1 N–H and O–H groups in total. The molecule has 0 aliphatic heterocycles. The summed E-state index contributed by atoms with van der Waals surface area (Å²) >= 11 is 3.57. The topological polar surface area (TPSA) is 12.0 Å². The summed E-state index contributed by atoms with van der Waals surface area (Å²) in [5.41, 5.74) is 2.53. The van der Waals surface area contributed by atoms with Crippen molar-refractivity contribution < 1.29 is 0 Å². The van der Waals surface area contributed by atoms with E-state index in [2.05, 4.69) is 53.3 Å². The predicted molar refractivity (Wildman–Crippen MR) is 64.7 cm³/mol. The molecular weight excluding hydrogens is 238 g/mol. The van der Waals surface area contributed by atoms with Crippen LogP contribution in [0.4, 0.5) is 5.69 Å². The van der Waals surface area contributed by atoms with Gasteiger partial charge in [-0.05, 0) is 66.2 Å². The number of aryl methyl sites for hydroxylation is 1. The van der Waals surface area contributed by atoms with Crippen LogP contribution in [0, 0.1) is 12.8 Å². The molecule has 1 fully saturated rings. The molecule has 0 bridgehead atoms. The Morgan fingerprint density at radius 2 is 2.14 bits per heavy atom. The van der Waals surface area contributed by atoms with Gasteiger partial charge in [-0.3, -0.25) is 0 Å². The van der Waals surface area contributed by atoms with Crippen molar-refractivity contribution in [2.24, 2.45) is 5.92 Å². The summed E-state index contributed by atoms with van der Waals surface area (Å²) in [6, 6.07) is 7.03. The summed E-state index contributed by atoms with van der Waals surface area (Å²) in [6.07, 6.45) is 2.77. The Labute approximate surface area is 94.0 Å². The van der Waals surface area contributed by atoms with Gasteiger partial charge in [0.25, 0.3) is 0 Å². The van der Waals surface area contributed by atoms with Gasteiger partial charge >= 0.3 is 0 Å². The first-order chi connectivity index (χ1) is 6.66. The number of rotatable bonds is 3. The Kier molecular flexibility index (Phi) is 2.82. The van der Waals surface area contributed by atoms with Crippen LogP contribution in [0.3, 0.4) is 0 Å². The van der Waals surface area contributed by atoms with Gasteiger partial charge in [-0.15, -0.1) is 0 Å². The lowest BCUT2D eigenvalue weighted by Crippen LogP contribution is -2.17. The van der Waals surface area contributed by atoms with E-state index in [0.29, 0.717) is 6.04 Å². The fourth-order valence-corrected chi connectivity index (χ4v) is 2.07. The molecule has 76 valence electrons. The maximum absolute atomic E-state index is 3.57. The van der Waals surface area contributed by atoms with E-state index >= 15 is 0 Å². The fraction of sp³-hybridized carbons (Fsp3) is 0.500. The lowest BCUT2D eigenvalue weighted by molar-refractivity contribution is 0.693. The van der Waals surface area contributed by atoms with Gasteiger partial charge in [0.15, 0.2) is 0 Å². The molecule has 1 saturated carbocycles. The molecule has 1 aliphatic carbocycles. The van der Waals surface area contributed by atoms with E-state index in [1.165, 1.54) is 24.1 Å². The van der Waals surface area contributed by atoms with Crippen molar-refractivity contribution in [2.45, 2.75) is 32.7 Å². The summed E-state index contributed by atoms with van der Waals surface area (Å²) in [7, 11) is 0. The van der Waals surface area contributed by atoms with Gasteiger partial charge in [0, 0.05) is 16.2 Å². The second-order valence-corrected chi connectivity index (χ2v) is 5.11. The Balaban J connectivity index is 2.10. The van der Waals surface area contributed by atoms with Crippen molar-refractivity contribution in [1.29, 1.82) is 0 Å². The van der Waals surface area contributed by atoms with Crippen LogP contribution in [0.1, 0.15) is 25.3 Å². The zero-order valence-corrected chi connectivity index (χ0v) is 10.3. The second-order valence-electron chi connectivity index (χ2n) is 4.25. The number of hydrogen-bond acceptors (Lipinski definition) is 1. The molecule has 1 nitrogen and oxygen atoms in total. The number of nitrogens with one attached hydrogen (secondary N) is 1. The van der Waals surface area contributed by atoms with Crippen LogP contribution in [0.25, 0.3) is 0 Å². The van der Waals surface area contributed by atoms with E-state index in [-0.39, 0.29) is 0 Å². The predicted octanol–water partition coefficient (Wildman–Crippen LogP) is 3.97. The van der Waals surface area contributed by atoms with Crippen LogP contribution in [-0.4, -0.2) is 6.04 Å². The molecule has 0 heterocycles. The van der Waals surface area contributed by atoms with Crippen molar-refractivity contribution in [1.82, 2.24) is 0 Å². The van der Waals surface area contributed by atoms with Crippen molar-refractivity contribution >= 4 is 21.6 Å². The first kappa shape index (κ1) is 10.0. The number of benzene rings is 1. The normalized spacial score (nSPS) is 17.9. The van der Waals surface area contributed by atoms with Crippen molar-refractivity contribution in [3.8, 4) is 0 Å². The van der Waals surface area contributed by atoms with Crippen LogP contribution in [0.15, 0.2) is 22.7 Å². The summed E-state index contributed by atoms with van der Waals surface area (Å²) in [5, 5.41) is 3.57. The van der Waals surface area contributed by atoms with Crippen molar-refractivity contribution in [3.05, 3.63) is 28.2 Å². The average molecular weight is 254 g/mol. The Morgan fingerprint density at radius 1 is 1.43 bits per heavy atom. The van der Waals surface area contributed by atoms with E-state index in [9.17, 15) is 0 Å². The number of halogens is 1. The fourth-order valence-electron chi connectivity index (χ4n) is 1.71. The molecule has 0 radical (unpaired) electrons. The van der Waals surface area contributed by atoms with E-state index in [0.717, 1.165) is 10.4 Å². The van der Waals surface area contributed by atoms with Crippen LogP contribution >= 0.6 is 15.9 Å². The maximum atomic E-state index is 3.57. The van der Waals surface area contributed by atoms with Gasteiger partial charge in [0.2, 0.25) is 0 Å². The molecule has 1 aliphatic rings. The smallest absolute Gasteiger partial charge is 0.0489 e. The minimum absolute atomic E-state index is 0.605. The molecule has 0 saturated heterocycles. The maximum Gasteiger partial charge on any atom is 0.0489 e. The molecule has 2 rings (SSSR count). The third kappa shape index (κ3) is 2.30. The highest BCUT2D eigenvalue weighted by Crippen LogP contribution is 2.35. The number of anilines is 1. The molecule has 0 spiro atoms.